The first kappa shape index (κ1) is 20.1. The van der Waals surface area contributed by atoms with Gasteiger partial charge in [0, 0.05) is 24.7 Å². The van der Waals surface area contributed by atoms with E-state index in [4.69, 9.17) is 16.3 Å². The zero-order valence-electron chi connectivity index (χ0n) is 14.5. The summed E-state index contributed by atoms with van der Waals surface area (Å²) in [6.45, 7) is 1.47. The lowest BCUT2D eigenvalue weighted by Crippen LogP contribution is -2.24. The number of esters is 1. The SMILES string of the molecule is C[C@H](OC(=O)c1ccc(S(=O)(=O)N(C)C)cc1)C(=O)c1ccc(Cl)cc1. The fourth-order valence-electron chi connectivity index (χ4n) is 2.10. The van der Waals surface area contributed by atoms with Crippen LogP contribution in [0.25, 0.3) is 0 Å². The Bertz CT molecular complexity index is 906. The van der Waals surface area contributed by atoms with Gasteiger partial charge in [-0.1, -0.05) is 11.6 Å². The van der Waals surface area contributed by atoms with E-state index in [2.05, 4.69) is 0 Å². The second-order valence-electron chi connectivity index (χ2n) is 5.73. The molecule has 0 saturated carbocycles. The molecule has 0 N–H and O–H groups in total. The molecule has 8 heteroatoms. The number of sulfonamides is 1. The average molecular weight is 396 g/mol. The number of halogens is 1. The molecule has 0 aliphatic heterocycles. The molecular weight excluding hydrogens is 378 g/mol. The molecule has 0 unspecified atom stereocenters. The number of hydrogen-bond donors (Lipinski definition) is 0. The number of Topliss-reactive ketones (excluding diaryl/α,β-unsaturated/α-hetero) is 1. The van der Waals surface area contributed by atoms with E-state index in [-0.39, 0.29) is 16.2 Å². The predicted octanol–water partition coefficient (Wildman–Crippen LogP) is 3.02. The number of benzene rings is 2. The molecule has 0 bridgehead atoms. The summed E-state index contributed by atoms with van der Waals surface area (Å²) in [6.07, 6.45) is -0.992. The molecular formula is C18H18ClNO5S. The standard InChI is InChI=1S/C18H18ClNO5S/c1-12(17(21)13-4-8-15(19)9-5-13)25-18(22)14-6-10-16(11-7-14)26(23,24)20(2)3/h4-12H,1-3H3/t12-/m0/s1. The molecule has 0 aliphatic rings. The van der Waals surface area contributed by atoms with E-state index in [9.17, 15) is 18.0 Å². The lowest BCUT2D eigenvalue weighted by molar-refractivity contribution is 0.0318. The molecule has 2 rings (SSSR count). The number of rotatable bonds is 6. The number of ketones is 1. The number of carbonyl (C=O) groups excluding carboxylic acids is 2. The van der Waals surface area contributed by atoms with Crippen LogP contribution in [0.4, 0.5) is 0 Å². The molecule has 0 radical (unpaired) electrons. The Morgan fingerprint density at radius 2 is 1.46 bits per heavy atom. The zero-order valence-corrected chi connectivity index (χ0v) is 16.0. The molecule has 0 heterocycles. The number of nitrogens with zero attached hydrogens (tertiary/aromatic N) is 1. The highest BCUT2D eigenvalue weighted by Gasteiger charge is 2.22. The van der Waals surface area contributed by atoms with Gasteiger partial charge in [0.25, 0.3) is 0 Å². The summed E-state index contributed by atoms with van der Waals surface area (Å²) in [6, 6.07) is 11.6. The van der Waals surface area contributed by atoms with Gasteiger partial charge < -0.3 is 4.74 Å². The monoisotopic (exact) mass is 395 g/mol. The summed E-state index contributed by atoms with van der Waals surface area (Å²) in [5, 5.41) is 0.499. The number of ether oxygens (including phenoxy) is 1. The molecule has 26 heavy (non-hydrogen) atoms. The third-order valence-corrected chi connectivity index (χ3v) is 5.73. The van der Waals surface area contributed by atoms with Crippen LogP contribution in [0.3, 0.4) is 0 Å². The molecule has 1 atom stereocenters. The van der Waals surface area contributed by atoms with Gasteiger partial charge in [0.15, 0.2) is 6.10 Å². The Labute approximate surface area is 157 Å². The second kappa shape index (κ2) is 7.99. The van der Waals surface area contributed by atoms with Crippen molar-refractivity contribution in [1.82, 2.24) is 4.31 Å². The maximum Gasteiger partial charge on any atom is 0.338 e. The molecule has 2 aromatic carbocycles. The zero-order chi connectivity index (χ0) is 19.5. The summed E-state index contributed by atoms with van der Waals surface area (Å²) in [7, 11) is -0.743. The van der Waals surface area contributed by atoms with Crippen molar-refractivity contribution in [2.45, 2.75) is 17.9 Å². The first-order valence-electron chi connectivity index (χ1n) is 7.66. The van der Waals surface area contributed by atoms with Gasteiger partial charge >= 0.3 is 5.97 Å². The molecule has 0 aliphatic carbocycles. The Morgan fingerprint density at radius 1 is 0.962 bits per heavy atom. The van der Waals surface area contributed by atoms with Crippen molar-refractivity contribution in [3.05, 3.63) is 64.7 Å². The quantitative estimate of drug-likeness (QED) is 0.554. The molecule has 0 fully saturated rings. The maximum absolute atomic E-state index is 12.3. The van der Waals surface area contributed by atoms with Crippen molar-refractivity contribution in [2.75, 3.05) is 14.1 Å². The van der Waals surface area contributed by atoms with E-state index in [0.717, 1.165) is 4.31 Å². The van der Waals surface area contributed by atoms with E-state index in [1.54, 1.807) is 24.3 Å². The summed E-state index contributed by atoms with van der Waals surface area (Å²) in [5.74, 6) is -1.07. The molecule has 138 valence electrons. The van der Waals surface area contributed by atoms with E-state index in [0.29, 0.717) is 10.6 Å². The van der Waals surface area contributed by atoms with E-state index >= 15 is 0 Å². The normalized spacial score (nSPS) is 12.7. The van der Waals surface area contributed by atoms with Crippen LogP contribution in [0.2, 0.25) is 5.02 Å². The van der Waals surface area contributed by atoms with Gasteiger partial charge in [-0.25, -0.2) is 17.5 Å². The smallest absolute Gasteiger partial charge is 0.338 e. The minimum Gasteiger partial charge on any atom is -0.451 e. The largest absolute Gasteiger partial charge is 0.451 e. The van der Waals surface area contributed by atoms with Gasteiger partial charge in [0.05, 0.1) is 10.5 Å². The van der Waals surface area contributed by atoms with Crippen LogP contribution in [0.1, 0.15) is 27.6 Å². The van der Waals surface area contributed by atoms with E-state index in [1.165, 1.54) is 45.3 Å². The van der Waals surface area contributed by atoms with Gasteiger partial charge in [-0.05, 0) is 55.5 Å². The molecule has 6 nitrogen and oxygen atoms in total. The molecule has 0 saturated heterocycles. The lowest BCUT2D eigenvalue weighted by atomic mass is 10.1. The Balaban J connectivity index is 2.09. The van der Waals surface area contributed by atoms with Gasteiger partial charge in [-0.2, -0.15) is 0 Å². The third kappa shape index (κ3) is 4.49. The first-order chi connectivity index (χ1) is 12.1. The van der Waals surface area contributed by atoms with Crippen LogP contribution >= 0.6 is 11.6 Å². The Morgan fingerprint density at radius 3 is 1.96 bits per heavy atom. The summed E-state index contributed by atoms with van der Waals surface area (Å²) in [5.41, 5.74) is 0.528. The Hall–Kier alpha value is -2.22. The number of carbonyl (C=O) groups is 2. The fourth-order valence-corrected chi connectivity index (χ4v) is 3.13. The van der Waals surface area contributed by atoms with Crippen LogP contribution in [-0.4, -0.2) is 44.7 Å². The lowest BCUT2D eigenvalue weighted by Gasteiger charge is -2.14. The summed E-state index contributed by atoms with van der Waals surface area (Å²) >= 11 is 5.78. The number of hydrogen-bond acceptors (Lipinski definition) is 5. The van der Waals surface area contributed by atoms with Crippen molar-refractivity contribution in [3.8, 4) is 0 Å². The Kier molecular flexibility index (Phi) is 6.17. The highest BCUT2D eigenvalue weighted by atomic mass is 35.5. The highest BCUT2D eigenvalue weighted by Crippen LogP contribution is 2.16. The average Bonchev–Trinajstić information content (AvgIpc) is 2.61. The second-order valence-corrected chi connectivity index (χ2v) is 8.32. The highest BCUT2D eigenvalue weighted by molar-refractivity contribution is 7.89. The van der Waals surface area contributed by atoms with Gasteiger partial charge in [0.1, 0.15) is 0 Å². The molecule has 0 amide bonds. The van der Waals surface area contributed by atoms with Crippen molar-refractivity contribution in [3.63, 3.8) is 0 Å². The van der Waals surface area contributed by atoms with Crippen molar-refractivity contribution in [2.24, 2.45) is 0 Å². The van der Waals surface area contributed by atoms with Crippen LogP contribution in [-0.2, 0) is 14.8 Å². The minimum atomic E-state index is -3.58. The van der Waals surface area contributed by atoms with Crippen LogP contribution in [0, 0.1) is 0 Å². The van der Waals surface area contributed by atoms with Gasteiger partial charge in [0.2, 0.25) is 15.8 Å². The van der Waals surface area contributed by atoms with Gasteiger partial charge in [-0.15, -0.1) is 0 Å². The molecule has 0 aromatic heterocycles. The maximum atomic E-state index is 12.3. The van der Waals surface area contributed by atoms with Crippen molar-refractivity contribution < 1.29 is 22.7 Å². The first-order valence-corrected chi connectivity index (χ1v) is 9.48. The van der Waals surface area contributed by atoms with Crippen LogP contribution in [0.5, 0.6) is 0 Å². The van der Waals surface area contributed by atoms with E-state index in [1.807, 2.05) is 0 Å². The van der Waals surface area contributed by atoms with E-state index < -0.39 is 22.1 Å². The van der Waals surface area contributed by atoms with Crippen molar-refractivity contribution in [1.29, 1.82) is 0 Å². The minimum absolute atomic E-state index is 0.0596. The van der Waals surface area contributed by atoms with Crippen molar-refractivity contribution >= 4 is 33.4 Å². The summed E-state index contributed by atoms with van der Waals surface area (Å²) in [4.78, 5) is 24.5. The van der Waals surface area contributed by atoms with Gasteiger partial charge in [-0.3, -0.25) is 4.79 Å². The third-order valence-electron chi connectivity index (χ3n) is 3.65. The predicted molar refractivity (Wildman–Crippen MR) is 98.0 cm³/mol. The van der Waals surface area contributed by atoms with Crippen LogP contribution < -0.4 is 0 Å². The molecule has 0 spiro atoms. The topological polar surface area (TPSA) is 80.8 Å². The fraction of sp³-hybridized carbons (Fsp3) is 0.222. The molecule has 2 aromatic rings. The van der Waals surface area contributed by atoms with Crippen LogP contribution in [0.15, 0.2) is 53.4 Å². The summed E-state index contributed by atoms with van der Waals surface area (Å²) < 4.78 is 30.3.